The summed E-state index contributed by atoms with van der Waals surface area (Å²) in [5, 5.41) is 9.97. The fourth-order valence-corrected chi connectivity index (χ4v) is 8.22. The first-order valence-electron chi connectivity index (χ1n) is 21.0. The molecule has 0 bridgehead atoms. The van der Waals surface area contributed by atoms with Crippen LogP contribution in [-0.2, 0) is 30.2 Å². The van der Waals surface area contributed by atoms with E-state index in [9.17, 15) is 24.0 Å². The summed E-state index contributed by atoms with van der Waals surface area (Å²) in [7, 11) is 2.54. The van der Waals surface area contributed by atoms with E-state index < -0.39 is 41.1 Å². The number of allylic oxidation sites excluding steroid dienone is 1. The number of hydrogen-bond donors (Lipinski definition) is 2. The van der Waals surface area contributed by atoms with Crippen LogP contribution in [0.4, 0.5) is 14.4 Å². The number of esters is 1. The largest absolute Gasteiger partial charge is 0.444 e. The molecule has 61 heavy (non-hydrogen) atoms. The first kappa shape index (κ1) is 49.0. The molecule has 0 radical (unpaired) electrons. The molecule has 13 nitrogen and oxygen atoms in total. The minimum Gasteiger partial charge on any atom is -0.444 e. The van der Waals surface area contributed by atoms with Gasteiger partial charge in [0.05, 0.1) is 5.75 Å². The summed E-state index contributed by atoms with van der Waals surface area (Å²) in [6, 6.07) is 14.2. The van der Waals surface area contributed by atoms with Crippen LogP contribution in [0, 0.1) is 0 Å². The van der Waals surface area contributed by atoms with Crippen LogP contribution in [0.5, 0.6) is 5.75 Å². The van der Waals surface area contributed by atoms with Crippen LogP contribution in [0.2, 0.25) is 0 Å². The Bertz CT molecular complexity index is 2040. The second-order valence-electron chi connectivity index (χ2n) is 17.9. The van der Waals surface area contributed by atoms with Crippen LogP contribution in [0.3, 0.4) is 0 Å². The SMILES string of the molecule is CC(C)(C)OC(=O)NCCCN(CCCCN(CCCNC(=O)OC(C)(C)C)C(=O)OC(C)(C)C)C(=O)CSSCC(=O)Oc1ccc2c(ccc3c4c(ccc32)C=CC4)c1. The quantitative estimate of drug-likeness (QED) is 0.0296. The van der Waals surface area contributed by atoms with Gasteiger partial charge in [0.1, 0.15) is 28.3 Å². The van der Waals surface area contributed by atoms with Crippen molar-refractivity contribution in [1.82, 2.24) is 20.4 Å². The van der Waals surface area contributed by atoms with Gasteiger partial charge in [-0.25, -0.2) is 14.4 Å². The van der Waals surface area contributed by atoms with Crippen LogP contribution < -0.4 is 15.4 Å². The average Bonchev–Trinajstić information content (AvgIpc) is 3.64. The highest BCUT2D eigenvalue weighted by Crippen LogP contribution is 2.34. The lowest BCUT2D eigenvalue weighted by Gasteiger charge is -2.28. The summed E-state index contributed by atoms with van der Waals surface area (Å²) in [6.45, 7) is 18.4. The van der Waals surface area contributed by atoms with Crippen LogP contribution in [-0.4, -0.2) is 108 Å². The van der Waals surface area contributed by atoms with Gasteiger partial charge in [-0.15, -0.1) is 0 Å². The number of carbonyl (C=O) groups excluding carboxylic acids is 5. The molecule has 0 fully saturated rings. The lowest BCUT2D eigenvalue weighted by atomic mass is 9.96. The van der Waals surface area contributed by atoms with Gasteiger partial charge in [0.15, 0.2) is 0 Å². The van der Waals surface area contributed by atoms with Crippen LogP contribution in [0.15, 0.2) is 48.5 Å². The second kappa shape index (κ2) is 22.5. The van der Waals surface area contributed by atoms with Crippen molar-refractivity contribution in [3.05, 3.63) is 59.7 Å². The van der Waals surface area contributed by atoms with Gasteiger partial charge in [-0.2, -0.15) is 0 Å². The van der Waals surface area contributed by atoms with Crippen LogP contribution in [0.1, 0.15) is 99.1 Å². The summed E-state index contributed by atoms with van der Waals surface area (Å²) >= 11 is 0. The number of nitrogens with one attached hydrogen (secondary N) is 2. The first-order chi connectivity index (χ1) is 28.7. The Morgan fingerprint density at radius 3 is 1.79 bits per heavy atom. The number of amides is 4. The highest BCUT2D eigenvalue weighted by molar-refractivity contribution is 8.77. The predicted octanol–water partition coefficient (Wildman–Crippen LogP) is 9.52. The van der Waals surface area contributed by atoms with E-state index in [0.717, 1.165) is 17.2 Å². The van der Waals surface area contributed by atoms with Crippen LogP contribution in [0.25, 0.3) is 27.6 Å². The van der Waals surface area contributed by atoms with Crippen molar-refractivity contribution < 1.29 is 42.9 Å². The zero-order valence-electron chi connectivity index (χ0n) is 37.3. The fraction of sp³-hybridized carbons (Fsp3) is 0.543. The predicted molar refractivity (Wildman–Crippen MR) is 246 cm³/mol. The summed E-state index contributed by atoms with van der Waals surface area (Å²) in [5.74, 6) is 0.141. The topological polar surface area (TPSA) is 153 Å². The van der Waals surface area contributed by atoms with E-state index in [1.54, 1.807) is 51.3 Å². The third kappa shape index (κ3) is 17.3. The van der Waals surface area contributed by atoms with Gasteiger partial charge in [0.25, 0.3) is 0 Å². The summed E-state index contributed by atoms with van der Waals surface area (Å²) in [6.07, 6.45) is 5.97. The zero-order valence-corrected chi connectivity index (χ0v) is 38.9. The molecule has 2 N–H and O–H groups in total. The van der Waals surface area contributed by atoms with Gasteiger partial charge < -0.3 is 39.4 Å². The van der Waals surface area contributed by atoms with Gasteiger partial charge in [-0.05, 0) is 139 Å². The highest BCUT2D eigenvalue weighted by Gasteiger charge is 2.23. The van der Waals surface area contributed by atoms with Crippen molar-refractivity contribution >= 4 is 79.4 Å². The maximum Gasteiger partial charge on any atom is 0.410 e. The van der Waals surface area contributed by atoms with Crippen molar-refractivity contribution in [2.24, 2.45) is 0 Å². The number of ether oxygens (including phenoxy) is 4. The maximum absolute atomic E-state index is 13.5. The molecule has 0 unspecified atom stereocenters. The maximum atomic E-state index is 13.5. The molecule has 0 aromatic heterocycles. The third-order valence-corrected chi connectivity index (χ3v) is 11.2. The standard InChI is InChI=1S/C46H64N4O9S2/c1-44(2,3)57-41(53)47-23-13-27-49(25-10-11-26-50(43(55)59-46(7,8)9)28-14-24-48-42(54)58-45(4,5)6)39(51)30-60-61-31-40(52)56-34-19-22-36-33(29-34)18-21-37-35-16-12-15-32(35)17-20-38(36)37/h12,15,17-22,29H,10-11,13-14,16,23-28,30-31H2,1-9H3,(H,47,53)(H,48,54). The summed E-state index contributed by atoms with van der Waals surface area (Å²) in [5.41, 5.74) is 0.670. The number of nitrogens with zero attached hydrogens (tertiary/aromatic N) is 2. The molecule has 0 saturated heterocycles. The van der Waals surface area contributed by atoms with Gasteiger partial charge >= 0.3 is 24.2 Å². The van der Waals surface area contributed by atoms with Gasteiger partial charge in [0, 0.05) is 39.3 Å². The minimum atomic E-state index is -0.683. The molecule has 1 aliphatic carbocycles. The van der Waals surface area contributed by atoms with Gasteiger partial charge in [-0.3, -0.25) is 9.59 Å². The van der Waals surface area contributed by atoms with Gasteiger partial charge in [-0.1, -0.05) is 64.1 Å². The molecule has 3 aromatic rings. The van der Waals surface area contributed by atoms with Gasteiger partial charge in [0.2, 0.25) is 5.91 Å². The molecule has 15 heteroatoms. The Hall–Kier alpha value is -4.63. The average molecular weight is 881 g/mol. The number of benzene rings is 3. The molecular weight excluding hydrogens is 817 g/mol. The van der Waals surface area contributed by atoms with E-state index in [0.29, 0.717) is 70.7 Å². The molecule has 0 spiro atoms. The molecule has 0 atom stereocenters. The number of alkyl carbamates (subject to hydrolysis) is 2. The molecule has 4 rings (SSSR count). The van der Waals surface area contributed by atoms with E-state index in [1.165, 1.54) is 43.5 Å². The van der Waals surface area contributed by atoms with E-state index >= 15 is 0 Å². The Morgan fingerprint density at radius 2 is 1.16 bits per heavy atom. The molecule has 4 amide bonds. The van der Waals surface area contributed by atoms with E-state index in [-0.39, 0.29) is 17.4 Å². The fourth-order valence-electron chi connectivity index (χ4n) is 6.53. The first-order valence-corrected chi connectivity index (χ1v) is 23.5. The number of rotatable bonds is 19. The monoisotopic (exact) mass is 880 g/mol. The molecule has 0 saturated carbocycles. The Balaban J connectivity index is 1.27. The van der Waals surface area contributed by atoms with Crippen molar-refractivity contribution in [2.45, 2.75) is 111 Å². The second-order valence-corrected chi connectivity index (χ2v) is 20.4. The summed E-state index contributed by atoms with van der Waals surface area (Å²) < 4.78 is 22.0. The van der Waals surface area contributed by atoms with E-state index in [4.69, 9.17) is 18.9 Å². The van der Waals surface area contributed by atoms with Crippen molar-refractivity contribution in [3.63, 3.8) is 0 Å². The van der Waals surface area contributed by atoms with E-state index in [2.05, 4.69) is 47.1 Å². The van der Waals surface area contributed by atoms with Crippen molar-refractivity contribution in [1.29, 1.82) is 0 Å². The molecular formula is C46H64N4O9S2. The number of unbranched alkanes of at least 4 members (excludes halogenated alkanes) is 1. The normalized spacial score (nSPS) is 12.5. The molecule has 0 heterocycles. The lowest BCUT2D eigenvalue weighted by Crippen LogP contribution is -2.40. The lowest BCUT2D eigenvalue weighted by molar-refractivity contribution is -0.131. The van der Waals surface area contributed by atoms with Crippen molar-refractivity contribution in [2.75, 3.05) is 50.8 Å². The highest BCUT2D eigenvalue weighted by atomic mass is 33.1. The molecule has 0 aliphatic heterocycles. The third-order valence-electron chi connectivity index (χ3n) is 9.09. The number of hydrogen-bond acceptors (Lipinski definition) is 11. The number of carbonyl (C=O) groups is 5. The van der Waals surface area contributed by atoms with E-state index in [1.807, 2.05) is 39.0 Å². The number of fused-ring (bicyclic) bond motifs is 5. The minimum absolute atomic E-state index is 0.0560. The molecule has 1 aliphatic rings. The molecule has 334 valence electrons. The van der Waals surface area contributed by atoms with Crippen LogP contribution >= 0.6 is 21.6 Å². The Labute approximate surface area is 368 Å². The summed E-state index contributed by atoms with van der Waals surface area (Å²) in [4.78, 5) is 67.1. The smallest absolute Gasteiger partial charge is 0.410 e. The van der Waals surface area contributed by atoms with Crippen molar-refractivity contribution in [3.8, 4) is 5.75 Å². The Morgan fingerprint density at radius 1 is 0.623 bits per heavy atom. The Kier molecular flexibility index (Phi) is 18.1. The molecule has 3 aromatic carbocycles. The zero-order chi connectivity index (χ0) is 44.8.